The number of benzene rings is 5. The molecule has 0 heterocycles. The molecule has 5 aromatic rings. The van der Waals surface area contributed by atoms with Crippen molar-refractivity contribution in [2.24, 2.45) is 0 Å². The molecule has 0 N–H and O–H groups in total. The fourth-order valence-corrected chi connectivity index (χ4v) is 5.82. The monoisotopic (exact) mass is 514 g/mol. The van der Waals surface area contributed by atoms with E-state index < -0.39 is 0 Å². The molecular weight excluding hydrogens is 480 g/mol. The van der Waals surface area contributed by atoms with Gasteiger partial charge in [-0.15, -0.1) is 0 Å². The van der Waals surface area contributed by atoms with Gasteiger partial charge in [-0.1, -0.05) is 121 Å². The summed E-state index contributed by atoms with van der Waals surface area (Å²) in [6, 6.07) is 40.0. The average molecular weight is 515 g/mol. The lowest BCUT2D eigenvalue weighted by Crippen LogP contribution is -1.96. The number of allylic oxidation sites excluding steroid dienone is 6. The van der Waals surface area contributed by atoms with Crippen molar-refractivity contribution in [1.82, 2.24) is 0 Å². The highest BCUT2D eigenvalue weighted by Gasteiger charge is 2.17. The Morgan fingerprint density at radius 2 is 0.950 bits per heavy atom. The van der Waals surface area contributed by atoms with Crippen LogP contribution < -0.4 is 0 Å². The lowest BCUT2D eigenvalue weighted by molar-refractivity contribution is 1.34. The minimum atomic E-state index is 0.920. The highest BCUT2D eigenvalue weighted by Crippen LogP contribution is 2.41. The molecule has 0 bridgehead atoms. The zero-order chi connectivity index (χ0) is 27.5. The van der Waals surface area contributed by atoms with E-state index in [1.165, 1.54) is 72.3 Å². The largest absolute Gasteiger partial charge is 0.0801 e. The third-order valence-corrected chi connectivity index (χ3v) is 7.99. The third kappa shape index (κ3) is 5.14. The quantitative estimate of drug-likeness (QED) is 0.219. The van der Waals surface area contributed by atoms with Crippen LogP contribution >= 0.6 is 0 Å². The Kier molecular flexibility index (Phi) is 7.17. The van der Waals surface area contributed by atoms with Crippen LogP contribution in [0.4, 0.5) is 0 Å². The molecular formula is C40H34. The smallest absolute Gasteiger partial charge is 0.00883 e. The fourth-order valence-electron chi connectivity index (χ4n) is 5.82. The maximum Gasteiger partial charge on any atom is -0.00883 e. The molecule has 0 aromatic heterocycles. The minimum absolute atomic E-state index is 0.920. The summed E-state index contributed by atoms with van der Waals surface area (Å²) in [6.07, 6.45) is 11.8. The molecule has 0 saturated carbocycles. The van der Waals surface area contributed by atoms with Gasteiger partial charge >= 0.3 is 0 Å². The predicted molar refractivity (Wildman–Crippen MR) is 173 cm³/mol. The van der Waals surface area contributed by atoms with Gasteiger partial charge < -0.3 is 0 Å². The summed E-state index contributed by atoms with van der Waals surface area (Å²) < 4.78 is 0. The van der Waals surface area contributed by atoms with E-state index >= 15 is 0 Å². The van der Waals surface area contributed by atoms with E-state index in [9.17, 15) is 0 Å². The van der Waals surface area contributed by atoms with E-state index in [2.05, 4.69) is 160 Å². The molecule has 0 fully saturated rings. The zero-order valence-corrected chi connectivity index (χ0v) is 23.5. The first-order chi connectivity index (χ1) is 19.6. The van der Waals surface area contributed by atoms with Crippen molar-refractivity contribution < 1.29 is 0 Å². The van der Waals surface area contributed by atoms with Gasteiger partial charge in [0.1, 0.15) is 0 Å². The van der Waals surface area contributed by atoms with Crippen molar-refractivity contribution >= 4 is 5.57 Å². The van der Waals surface area contributed by atoms with Gasteiger partial charge in [0.15, 0.2) is 0 Å². The van der Waals surface area contributed by atoms with E-state index in [0.717, 1.165) is 6.42 Å². The Morgan fingerprint density at radius 3 is 1.55 bits per heavy atom. The second-order valence-electron chi connectivity index (χ2n) is 10.7. The van der Waals surface area contributed by atoms with Gasteiger partial charge in [-0.05, 0) is 118 Å². The van der Waals surface area contributed by atoms with E-state index in [1.807, 2.05) is 0 Å². The third-order valence-electron chi connectivity index (χ3n) is 7.99. The first-order valence-corrected chi connectivity index (χ1v) is 14.1. The molecule has 0 nitrogen and oxygen atoms in total. The Labute approximate surface area is 238 Å². The van der Waals surface area contributed by atoms with Gasteiger partial charge in [0.05, 0.1) is 0 Å². The number of hydrogen-bond donors (Lipinski definition) is 0. The molecule has 0 atom stereocenters. The standard InChI is InChI=1S/C40H34/c1-28-15-14-22-34(23-28)40-27-36(26-39(30(40)3)33-20-12-7-13-21-33)35-24-37(31-16-8-4-5-9-17-31)29(2)38(25-35)32-18-10-6-11-19-32/h4-16,18-27H,17H2,1-3H3. The van der Waals surface area contributed by atoms with Crippen LogP contribution in [0.1, 0.15) is 28.7 Å². The maximum absolute atomic E-state index is 2.40. The Hall–Kier alpha value is -4.68. The first-order valence-electron chi connectivity index (χ1n) is 14.1. The van der Waals surface area contributed by atoms with Crippen LogP contribution in [0.5, 0.6) is 0 Å². The normalized spacial score (nSPS) is 12.7. The molecule has 5 aromatic carbocycles. The summed E-state index contributed by atoms with van der Waals surface area (Å²) in [5.41, 5.74) is 16.6. The molecule has 6 rings (SSSR count). The van der Waals surface area contributed by atoms with E-state index in [4.69, 9.17) is 0 Å². The highest BCUT2D eigenvalue weighted by atomic mass is 14.2. The van der Waals surface area contributed by atoms with Gasteiger partial charge in [0.2, 0.25) is 0 Å². The van der Waals surface area contributed by atoms with Crippen molar-refractivity contribution in [3.05, 3.63) is 162 Å². The van der Waals surface area contributed by atoms with Crippen LogP contribution in [0.15, 0.2) is 140 Å². The summed E-state index contributed by atoms with van der Waals surface area (Å²) in [6.45, 7) is 6.70. The van der Waals surface area contributed by atoms with E-state index in [-0.39, 0.29) is 0 Å². The number of rotatable bonds is 5. The summed E-state index contributed by atoms with van der Waals surface area (Å²) >= 11 is 0. The molecule has 1 aliphatic rings. The van der Waals surface area contributed by atoms with Crippen LogP contribution in [0.3, 0.4) is 0 Å². The van der Waals surface area contributed by atoms with Crippen LogP contribution in [0, 0.1) is 20.8 Å². The van der Waals surface area contributed by atoms with Crippen molar-refractivity contribution in [2.45, 2.75) is 27.2 Å². The van der Waals surface area contributed by atoms with Crippen molar-refractivity contribution in [1.29, 1.82) is 0 Å². The molecule has 40 heavy (non-hydrogen) atoms. The van der Waals surface area contributed by atoms with Crippen molar-refractivity contribution in [2.75, 3.05) is 0 Å². The maximum atomic E-state index is 2.40. The van der Waals surface area contributed by atoms with Crippen LogP contribution in [-0.2, 0) is 0 Å². The molecule has 1 aliphatic carbocycles. The second-order valence-corrected chi connectivity index (χ2v) is 10.7. The van der Waals surface area contributed by atoms with Gasteiger partial charge in [0, 0.05) is 0 Å². The lowest BCUT2D eigenvalue weighted by atomic mass is 9.84. The molecule has 0 unspecified atom stereocenters. The minimum Gasteiger partial charge on any atom is -0.0801 e. The topological polar surface area (TPSA) is 0 Å². The Bertz CT molecular complexity index is 1760. The van der Waals surface area contributed by atoms with E-state index in [0.29, 0.717) is 0 Å². The molecule has 0 saturated heterocycles. The van der Waals surface area contributed by atoms with Crippen LogP contribution in [0.25, 0.3) is 50.1 Å². The molecule has 0 aliphatic heterocycles. The van der Waals surface area contributed by atoms with Crippen LogP contribution in [0.2, 0.25) is 0 Å². The van der Waals surface area contributed by atoms with Gasteiger partial charge in [0.25, 0.3) is 0 Å². The van der Waals surface area contributed by atoms with E-state index in [1.54, 1.807) is 0 Å². The molecule has 0 heteroatoms. The number of aryl methyl sites for hydroxylation is 1. The summed E-state index contributed by atoms with van der Waals surface area (Å²) in [4.78, 5) is 0. The molecule has 0 spiro atoms. The summed E-state index contributed by atoms with van der Waals surface area (Å²) in [7, 11) is 0. The second kappa shape index (κ2) is 11.2. The molecule has 0 amide bonds. The van der Waals surface area contributed by atoms with Crippen LogP contribution in [-0.4, -0.2) is 0 Å². The SMILES string of the molecule is Cc1cccc(-c2cc(-c3cc(C4=CC=CC=CC4)c(C)c(-c4ccccc4)c3)cc(-c3ccccc3)c2C)c1. The highest BCUT2D eigenvalue weighted by molar-refractivity contribution is 5.89. The van der Waals surface area contributed by atoms with Gasteiger partial charge in [-0.2, -0.15) is 0 Å². The van der Waals surface area contributed by atoms with Gasteiger partial charge in [-0.25, -0.2) is 0 Å². The Balaban J connectivity index is 1.63. The fraction of sp³-hybridized carbons (Fsp3) is 0.100. The first kappa shape index (κ1) is 25.6. The number of hydrogen-bond acceptors (Lipinski definition) is 0. The van der Waals surface area contributed by atoms with Gasteiger partial charge in [-0.3, -0.25) is 0 Å². The summed E-state index contributed by atoms with van der Waals surface area (Å²) in [5.74, 6) is 0. The predicted octanol–water partition coefficient (Wildman–Crippen LogP) is 11.2. The van der Waals surface area contributed by atoms with Crippen molar-refractivity contribution in [3.8, 4) is 44.5 Å². The molecule has 194 valence electrons. The average Bonchev–Trinajstić information content (AvgIpc) is 3.28. The zero-order valence-electron chi connectivity index (χ0n) is 23.5. The Morgan fingerprint density at radius 1 is 0.425 bits per heavy atom. The lowest BCUT2D eigenvalue weighted by Gasteiger charge is -2.20. The molecule has 0 radical (unpaired) electrons. The summed E-state index contributed by atoms with van der Waals surface area (Å²) in [5, 5.41) is 0. The van der Waals surface area contributed by atoms with Crippen molar-refractivity contribution in [3.63, 3.8) is 0 Å².